The maximum Gasteiger partial charge on any atom is 0.249 e. The van der Waals surface area contributed by atoms with Crippen LogP contribution in [0.3, 0.4) is 0 Å². The first-order chi connectivity index (χ1) is 29.0. The average Bonchev–Trinajstić information content (AvgIpc) is 3.24. The second kappa shape index (κ2) is 47.1. The maximum atomic E-state index is 12.6. The molecule has 0 aliphatic rings. The number of amides is 1. The first-order valence-electron chi connectivity index (χ1n) is 25.2. The van der Waals surface area contributed by atoms with Crippen LogP contribution in [0.15, 0.2) is 60.8 Å². The van der Waals surface area contributed by atoms with Crippen LogP contribution >= 0.6 is 0 Å². The van der Waals surface area contributed by atoms with Crippen molar-refractivity contribution in [1.29, 1.82) is 0 Å². The topological polar surface area (TPSA) is 110 Å². The Kier molecular flexibility index (Phi) is 45.5. The number of rotatable bonds is 45. The SMILES string of the molecule is CC/C=C\C/C=C\CCCCCCCCCCCCCCCC(O)C(=O)NC(CO)C(O)C(O)CCC/C=C/CC/C=C/CC/C=C/CCCCCCCCCCCC. The third-order valence-electron chi connectivity index (χ3n) is 11.4. The summed E-state index contributed by atoms with van der Waals surface area (Å²) in [7, 11) is 0. The molecule has 0 fully saturated rings. The van der Waals surface area contributed by atoms with Crippen molar-refractivity contribution in [3.8, 4) is 0 Å². The van der Waals surface area contributed by atoms with Crippen LogP contribution in [-0.4, -0.2) is 57.3 Å². The van der Waals surface area contributed by atoms with Gasteiger partial charge in [0.05, 0.1) is 18.8 Å². The van der Waals surface area contributed by atoms with Gasteiger partial charge in [-0.25, -0.2) is 0 Å². The highest BCUT2D eigenvalue weighted by molar-refractivity contribution is 5.80. The fourth-order valence-corrected chi connectivity index (χ4v) is 7.47. The quantitative estimate of drug-likeness (QED) is 0.0310. The number of unbranched alkanes of at least 4 members (excludes halogenated alkanes) is 26. The van der Waals surface area contributed by atoms with Crippen LogP contribution < -0.4 is 5.32 Å². The highest BCUT2D eigenvalue weighted by Crippen LogP contribution is 2.16. The normalized spacial score (nSPS) is 14.5. The van der Waals surface area contributed by atoms with Crippen LogP contribution in [0, 0.1) is 0 Å². The molecule has 0 heterocycles. The van der Waals surface area contributed by atoms with Gasteiger partial charge in [0, 0.05) is 0 Å². The van der Waals surface area contributed by atoms with Crippen molar-refractivity contribution in [3.63, 3.8) is 0 Å². The fraction of sp³-hybridized carbons (Fsp3) is 0.792. The molecule has 4 unspecified atom stereocenters. The van der Waals surface area contributed by atoms with Gasteiger partial charge in [0.25, 0.3) is 0 Å². The second-order valence-corrected chi connectivity index (χ2v) is 17.1. The van der Waals surface area contributed by atoms with E-state index in [9.17, 15) is 25.2 Å². The highest BCUT2D eigenvalue weighted by atomic mass is 16.3. The third-order valence-corrected chi connectivity index (χ3v) is 11.4. The lowest BCUT2D eigenvalue weighted by molar-refractivity contribution is -0.132. The summed E-state index contributed by atoms with van der Waals surface area (Å²) >= 11 is 0. The minimum absolute atomic E-state index is 0.355. The Morgan fingerprint density at radius 3 is 1.25 bits per heavy atom. The Morgan fingerprint density at radius 2 is 0.814 bits per heavy atom. The molecule has 0 spiro atoms. The molecule has 0 aromatic carbocycles. The van der Waals surface area contributed by atoms with Gasteiger partial charge in [0.15, 0.2) is 0 Å². The summed E-state index contributed by atoms with van der Waals surface area (Å²) in [6.07, 6.45) is 59.8. The van der Waals surface area contributed by atoms with Crippen LogP contribution in [0.2, 0.25) is 0 Å². The molecule has 0 aliphatic carbocycles. The summed E-state index contributed by atoms with van der Waals surface area (Å²) in [5, 5.41) is 43.8. The number of hydrogen-bond acceptors (Lipinski definition) is 5. The summed E-state index contributed by atoms with van der Waals surface area (Å²) < 4.78 is 0. The molecule has 0 rings (SSSR count). The van der Waals surface area contributed by atoms with Crippen LogP contribution in [0.1, 0.15) is 239 Å². The number of aliphatic hydroxyl groups excluding tert-OH is 4. The third kappa shape index (κ3) is 41.2. The Bertz CT molecular complexity index is 1020. The molecule has 0 saturated carbocycles. The fourth-order valence-electron chi connectivity index (χ4n) is 7.47. The minimum atomic E-state index is -1.30. The van der Waals surface area contributed by atoms with Crippen LogP contribution in [0.4, 0.5) is 0 Å². The summed E-state index contributed by atoms with van der Waals surface area (Å²) in [6, 6.07) is -1.01. The molecule has 5 N–H and O–H groups in total. The van der Waals surface area contributed by atoms with E-state index in [1.54, 1.807) is 0 Å². The van der Waals surface area contributed by atoms with E-state index in [-0.39, 0.29) is 0 Å². The first-order valence-corrected chi connectivity index (χ1v) is 25.2. The summed E-state index contributed by atoms with van der Waals surface area (Å²) in [6.45, 7) is 3.94. The molecule has 0 bridgehead atoms. The summed E-state index contributed by atoms with van der Waals surface area (Å²) in [5.41, 5.74) is 0. The molecule has 6 nitrogen and oxygen atoms in total. The Hall–Kier alpha value is -1.99. The predicted molar refractivity (Wildman–Crippen MR) is 256 cm³/mol. The Morgan fingerprint density at radius 1 is 0.441 bits per heavy atom. The lowest BCUT2D eigenvalue weighted by atomic mass is 10.00. The summed E-state index contributed by atoms with van der Waals surface area (Å²) in [4.78, 5) is 12.6. The summed E-state index contributed by atoms with van der Waals surface area (Å²) in [5.74, 6) is -0.601. The maximum absolute atomic E-state index is 12.6. The standard InChI is InChI=1S/C53H97NO5/c1-3-5-7-9-11-13-15-17-19-21-23-25-26-27-29-30-32-34-36-38-40-42-44-46-50(56)52(58)49(48-55)54-53(59)51(57)47-45-43-41-39-37-35-33-31-28-24-22-20-18-16-14-12-10-8-6-4-2/h6,8,12,14,25-26,30,32,38,40,49-52,55-58H,3-5,7,9-11,13,15-24,27-29,31,33-37,39,41-48H2,1-2H3,(H,54,59)/b8-6-,14-12-,26-25+,32-30+,40-38+. The number of aliphatic hydroxyl groups is 4. The predicted octanol–water partition coefficient (Wildman–Crippen LogP) is 14.0. The molecule has 0 aromatic rings. The second-order valence-electron chi connectivity index (χ2n) is 17.1. The molecule has 0 saturated heterocycles. The number of nitrogens with one attached hydrogen (secondary N) is 1. The number of carbonyl (C=O) groups excluding carboxylic acids is 1. The lowest BCUT2D eigenvalue weighted by Gasteiger charge is -2.27. The van der Waals surface area contributed by atoms with Crippen LogP contribution in [-0.2, 0) is 4.79 Å². The zero-order chi connectivity index (χ0) is 43.1. The Balaban J connectivity index is 3.77. The van der Waals surface area contributed by atoms with Crippen molar-refractivity contribution >= 4 is 5.91 Å². The van der Waals surface area contributed by atoms with E-state index < -0.39 is 36.9 Å². The molecule has 59 heavy (non-hydrogen) atoms. The van der Waals surface area contributed by atoms with Gasteiger partial charge >= 0.3 is 0 Å². The van der Waals surface area contributed by atoms with Crippen molar-refractivity contribution in [2.75, 3.05) is 6.61 Å². The molecular formula is C53H97NO5. The number of carbonyl (C=O) groups is 1. The molecule has 344 valence electrons. The molecule has 0 radical (unpaired) electrons. The van der Waals surface area contributed by atoms with Crippen LogP contribution in [0.25, 0.3) is 0 Å². The van der Waals surface area contributed by atoms with E-state index in [4.69, 9.17) is 0 Å². The molecule has 0 aromatic heterocycles. The van der Waals surface area contributed by atoms with Crippen molar-refractivity contribution in [2.45, 2.75) is 263 Å². The molecule has 1 amide bonds. The first kappa shape index (κ1) is 57.0. The zero-order valence-corrected chi connectivity index (χ0v) is 38.7. The smallest absolute Gasteiger partial charge is 0.249 e. The molecule has 4 atom stereocenters. The number of hydrogen-bond donors (Lipinski definition) is 5. The van der Waals surface area contributed by atoms with Crippen molar-refractivity contribution in [2.24, 2.45) is 0 Å². The van der Waals surface area contributed by atoms with Gasteiger partial charge in [0.1, 0.15) is 12.2 Å². The van der Waals surface area contributed by atoms with Gasteiger partial charge in [-0.05, 0) is 89.9 Å². The van der Waals surface area contributed by atoms with E-state index in [1.807, 2.05) is 0 Å². The van der Waals surface area contributed by atoms with E-state index >= 15 is 0 Å². The van der Waals surface area contributed by atoms with Crippen molar-refractivity contribution in [3.05, 3.63) is 60.8 Å². The van der Waals surface area contributed by atoms with Gasteiger partial charge in [-0.2, -0.15) is 0 Å². The van der Waals surface area contributed by atoms with Gasteiger partial charge in [-0.15, -0.1) is 0 Å². The molecule has 0 aliphatic heterocycles. The average molecular weight is 828 g/mol. The van der Waals surface area contributed by atoms with Gasteiger partial charge in [-0.1, -0.05) is 209 Å². The zero-order valence-electron chi connectivity index (χ0n) is 38.7. The van der Waals surface area contributed by atoms with Gasteiger partial charge < -0.3 is 25.7 Å². The van der Waals surface area contributed by atoms with E-state index in [0.717, 1.165) is 64.2 Å². The van der Waals surface area contributed by atoms with Gasteiger partial charge in [0.2, 0.25) is 5.91 Å². The van der Waals surface area contributed by atoms with E-state index in [2.05, 4.69) is 79.9 Å². The Labute approximate surface area is 365 Å². The van der Waals surface area contributed by atoms with Crippen molar-refractivity contribution in [1.82, 2.24) is 5.32 Å². The monoisotopic (exact) mass is 828 g/mol. The molecular weight excluding hydrogens is 731 g/mol. The molecule has 6 heteroatoms. The van der Waals surface area contributed by atoms with E-state index in [1.165, 1.54) is 141 Å². The lowest BCUT2D eigenvalue weighted by Crippen LogP contribution is -2.53. The minimum Gasteiger partial charge on any atom is -0.394 e. The largest absolute Gasteiger partial charge is 0.394 e. The van der Waals surface area contributed by atoms with Crippen molar-refractivity contribution < 1.29 is 25.2 Å². The van der Waals surface area contributed by atoms with Crippen LogP contribution in [0.5, 0.6) is 0 Å². The van der Waals surface area contributed by atoms with Gasteiger partial charge in [-0.3, -0.25) is 4.79 Å². The highest BCUT2D eigenvalue weighted by Gasteiger charge is 2.28. The number of allylic oxidation sites excluding steroid dienone is 10. The van der Waals surface area contributed by atoms with E-state index in [0.29, 0.717) is 19.3 Å².